The first-order chi connectivity index (χ1) is 16.5. The number of nitrogens with two attached hydrogens (primary N) is 1. The number of anilines is 3. The van der Waals surface area contributed by atoms with E-state index in [-0.39, 0.29) is 17.6 Å². The highest BCUT2D eigenvalue weighted by atomic mass is 19.1. The van der Waals surface area contributed by atoms with E-state index in [4.69, 9.17) is 10.5 Å². The number of halogens is 1. The maximum absolute atomic E-state index is 14.2. The number of likely N-dealkylation sites (N-methyl/N-ethyl adjacent to an activating group) is 1. The molecule has 5 N–H and O–H groups in total. The van der Waals surface area contributed by atoms with E-state index < -0.39 is 0 Å². The van der Waals surface area contributed by atoms with Gasteiger partial charge in [-0.05, 0) is 76.1 Å². The second-order valence-corrected chi connectivity index (χ2v) is 9.55. The number of likely N-dealkylation sites (tertiary alicyclic amines) is 1. The molecule has 1 saturated heterocycles. The summed E-state index contributed by atoms with van der Waals surface area (Å²) in [7, 11) is 1.47. The maximum atomic E-state index is 14.2. The Morgan fingerprint density at radius 3 is 2.44 bits per heavy atom. The van der Waals surface area contributed by atoms with Crippen LogP contribution >= 0.6 is 0 Å². The Labute approximate surface area is 201 Å². The molecule has 0 bridgehead atoms. The summed E-state index contributed by atoms with van der Waals surface area (Å²) in [5.41, 5.74) is 6.05. The molecule has 1 aromatic rings. The van der Waals surface area contributed by atoms with E-state index in [1.807, 2.05) is 0 Å². The van der Waals surface area contributed by atoms with E-state index in [0.29, 0.717) is 42.3 Å². The Morgan fingerprint density at radius 2 is 1.76 bits per heavy atom. The van der Waals surface area contributed by atoms with Crippen molar-refractivity contribution in [2.24, 2.45) is 11.7 Å². The van der Waals surface area contributed by atoms with Gasteiger partial charge in [-0.25, -0.2) is 4.39 Å². The van der Waals surface area contributed by atoms with Crippen molar-refractivity contribution in [3.8, 4) is 0 Å². The van der Waals surface area contributed by atoms with Crippen LogP contribution in [0.4, 0.5) is 22.2 Å². The predicted octanol–water partition coefficient (Wildman–Crippen LogP) is 3.27. The molecule has 34 heavy (non-hydrogen) atoms. The van der Waals surface area contributed by atoms with Crippen LogP contribution in [0.1, 0.15) is 51.9 Å². The lowest BCUT2D eigenvalue weighted by atomic mass is 9.86. The lowest BCUT2D eigenvalue weighted by molar-refractivity contribution is 0.277. The zero-order valence-electron chi connectivity index (χ0n) is 20.4. The Hall–Kier alpha value is -2.46. The number of ether oxygens (including phenoxy) is 1. The number of methoxy groups -OCH3 is 1. The Kier molecular flexibility index (Phi) is 8.55. The second kappa shape index (κ2) is 11.8. The number of rotatable bonds is 10. The van der Waals surface area contributed by atoms with Gasteiger partial charge < -0.3 is 26.4 Å². The lowest BCUT2D eigenvalue weighted by Crippen LogP contribution is -2.35. The molecular formula is C24H39FN8O. The second-order valence-electron chi connectivity index (χ2n) is 9.55. The van der Waals surface area contributed by atoms with E-state index in [1.165, 1.54) is 26.0 Å². The van der Waals surface area contributed by atoms with Gasteiger partial charge >= 0.3 is 0 Å². The summed E-state index contributed by atoms with van der Waals surface area (Å²) in [5, 5.41) is 10.1. The molecule has 2 atom stereocenters. The Bertz CT molecular complexity index is 871. The number of nitrogens with zero attached hydrogens (tertiary/aromatic N) is 4. The van der Waals surface area contributed by atoms with Crippen molar-refractivity contribution in [2.45, 2.75) is 70.0 Å². The van der Waals surface area contributed by atoms with Crippen LogP contribution in [0, 0.1) is 5.92 Å². The van der Waals surface area contributed by atoms with Crippen molar-refractivity contribution in [1.29, 1.82) is 0 Å². The molecule has 1 aromatic heterocycles. The molecule has 0 amide bonds. The third-order valence-electron chi connectivity index (χ3n) is 7.15. The van der Waals surface area contributed by atoms with Gasteiger partial charge in [-0.3, -0.25) is 4.90 Å². The summed E-state index contributed by atoms with van der Waals surface area (Å²) >= 11 is 0. The molecule has 0 aromatic carbocycles. The monoisotopic (exact) mass is 474 g/mol. The van der Waals surface area contributed by atoms with Crippen molar-refractivity contribution in [1.82, 2.24) is 19.9 Å². The minimum Gasteiger partial charge on any atom is -0.494 e. The van der Waals surface area contributed by atoms with Gasteiger partial charge in [-0.2, -0.15) is 15.0 Å². The van der Waals surface area contributed by atoms with Crippen LogP contribution in [-0.4, -0.2) is 71.3 Å². The molecule has 10 heteroatoms. The normalized spacial score (nSPS) is 27.6. The molecule has 2 unspecified atom stereocenters. The maximum Gasteiger partial charge on any atom is 0.229 e. The molecule has 0 spiro atoms. The van der Waals surface area contributed by atoms with Gasteiger partial charge in [0.1, 0.15) is 5.76 Å². The van der Waals surface area contributed by atoms with Crippen molar-refractivity contribution in [3.63, 3.8) is 0 Å². The van der Waals surface area contributed by atoms with Crippen LogP contribution in [0.25, 0.3) is 0 Å². The first-order valence-electron chi connectivity index (χ1n) is 12.7. The minimum atomic E-state index is -0.381. The molecule has 0 radical (unpaired) electrons. The molecule has 9 nitrogen and oxygen atoms in total. The van der Waals surface area contributed by atoms with Gasteiger partial charge in [0, 0.05) is 25.2 Å². The summed E-state index contributed by atoms with van der Waals surface area (Å²) in [4.78, 5) is 16.3. The van der Waals surface area contributed by atoms with Gasteiger partial charge in [0.15, 0.2) is 5.83 Å². The summed E-state index contributed by atoms with van der Waals surface area (Å²) in [5.74, 6) is 1.93. The van der Waals surface area contributed by atoms with Gasteiger partial charge in [0.25, 0.3) is 0 Å². The number of hydrogen-bond acceptors (Lipinski definition) is 9. The highest BCUT2D eigenvalue weighted by Crippen LogP contribution is 2.25. The minimum absolute atomic E-state index is 0.257. The Morgan fingerprint density at radius 1 is 1.06 bits per heavy atom. The largest absolute Gasteiger partial charge is 0.494 e. The summed E-state index contributed by atoms with van der Waals surface area (Å²) in [6.45, 7) is 5.98. The molecule has 3 aliphatic rings. The first kappa shape index (κ1) is 24.7. The van der Waals surface area contributed by atoms with Crippen LogP contribution in [-0.2, 0) is 4.74 Å². The fourth-order valence-corrected chi connectivity index (χ4v) is 5.08. The zero-order valence-corrected chi connectivity index (χ0v) is 20.4. The van der Waals surface area contributed by atoms with Gasteiger partial charge in [-0.1, -0.05) is 6.92 Å². The summed E-state index contributed by atoms with van der Waals surface area (Å²) in [6, 6.07) is 0.552. The summed E-state index contributed by atoms with van der Waals surface area (Å²) < 4.78 is 19.3. The average molecular weight is 475 g/mol. The van der Waals surface area contributed by atoms with Crippen molar-refractivity contribution >= 4 is 17.8 Å². The van der Waals surface area contributed by atoms with E-state index in [1.54, 1.807) is 6.08 Å². The summed E-state index contributed by atoms with van der Waals surface area (Å²) in [6.07, 6.45) is 10.6. The van der Waals surface area contributed by atoms with Gasteiger partial charge in [0.05, 0.1) is 13.2 Å². The SMILES string of the molecule is CCN1CCCC1CNc1nc(NCC2CCC(N)CC2)nc(NC2C=C(F)C(OC)=CC2)n1. The highest BCUT2D eigenvalue weighted by Gasteiger charge is 2.24. The molecule has 2 aliphatic carbocycles. The van der Waals surface area contributed by atoms with E-state index in [2.05, 4.69) is 42.7 Å². The topological polar surface area (TPSA) is 113 Å². The van der Waals surface area contributed by atoms with Crippen molar-refractivity contribution < 1.29 is 9.13 Å². The predicted molar refractivity (Wildman–Crippen MR) is 133 cm³/mol. The third kappa shape index (κ3) is 6.56. The number of aromatic nitrogens is 3. The number of nitrogens with one attached hydrogen (secondary N) is 3. The lowest BCUT2D eigenvalue weighted by Gasteiger charge is -2.26. The van der Waals surface area contributed by atoms with Crippen molar-refractivity contribution in [3.05, 3.63) is 23.7 Å². The molecular weight excluding hydrogens is 435 g/mol. The zero-order chi connectivity index (χ0) is 23.9. The first-order valence-corrected chi connectivity index (χ1v) is 12.7. The number of hydrogen-bond donors (Lipinski definition) is 4. The van der Waals surface area contributed by atoms with Gasteiger partial charge in [-0.15, -0.1) is 0 Å². The van der Waals surface area contributed by atoms with E-state index in [9.17, 15) is 4.39 Å². The van der Waals surface area contributed by atoms with Crippen LogP contribution in [0.5, 0.6) is 0 Å². The van der Waals surface area contributed by atoms with Gasteiger partial charge in [0.2, 0.25) is 17.8 Å². The van der Waals surface area contributed by atoms with E-state index in [0.717, 1.165) is 51.9 Å². The smallest absolute Gasteiger partial charge is 0.229 e. The molecule has 1 aliphatic heterocycles. The molecule has 2 heterocycles. The molecule has 1 saturated carbocycles. The van der Waals surface area contributed by atoms with Crippen molar-refractivity contribution in [2.75, 3.05) is 49.2 Å². The van der Waals surface area contributed by atoms with E-state index >= 15 is 0 Å². The van der Waals surface area contributed by atoms with Crippen LogP contribution in [0.15, 0.2) is 23.7 Å². The number of allylic oxidation sites excluding steroid dienone is 1. The Balaban J connectivity index is 1.43. The highest BCUT2D eigenvalue weighted by molar-refractivity contribution is 5.44. The molecule has 4 rings (SSSR count). The van der Waals surface area contributed by atoms with Crippen LogP contribution in [0.3, 0.4) is 0 Å². The fourth-order valence-electron chi connectivity index (χ4n) is 5.08. The standard InChI is InChI=1S/C24H39FN8O/c1-3-33-12-4-5-19(33)15-28-23-30-22(27-14-16-6-8-17(26)9-7-16)31-24(32-23)29-18-10-11-21(34-2)20(25)13-18/h11,13,16-19H,3-10,12,14-15,26H2,1-2H3,(H3,27,28,29,30,31,32). The molecule has 2 fully saturated rings. The van der Waals surface area contributed by atoms with Crippen LogP contribution < -0.4 is 21.7 Å². The average Bonchev–Trinajstić information content (AvgIpc) is 3.30. The molecule has 188 valence electrons. The fraction of sp³-hybridized carbons (Fsp3) is 0.708. The quantitative estimate of drug-likeness (QED) is 0.406. The third-order valence-corrected chi connectivity index (χ3v) is 7.15. The van der Waals surface area contributed by atoms with Crippen LogP contribution in [0.2, 0.25) is 0 Å².